The molecule has 1 saturated heterocycles. The van der Waals surface area contributed by atoms with Gasteiger partial charge in [-0.1, -0.05) is 11.6 Å². The fraction of sp³-hybridized carbons (Fsp3) is 0.423. The van der Waals surface area contributed by atoms with Gasteiger partial charge in [-0.25, -0.2) is 19.2 Å². The molecule has 1 aliphatic heterocycles. The van der Waals surface area contributed by atoms with Gasteiger partial charge in [0.15, 0.2) is 17.3 Å². The maximum absolute atomic E-state index is 14.6. The summed E-state index contributed by atoms with van der Waals surface area (Å²) < 4.78 is 32.1. The van der Waals surface area contributed by atoms with Crippen molar-refractivity contribution in [1.29, 1.82) is 0 Å². The number of halogens is 4. The van der Waals surface area contributed by atoms with Crippen LogP contribution in [0.4, 0.5) is 20.7 Å². The minimum Gasteiger partial charge on any atom is -0.493 e. The summed E-state index contributed by atoms with van der Waals surface area (Å²) >= 11 is 9.26. The average Bonchev–Trinajstić information content (AvgIpc) is 3.47. The van der Waals surface area contributed by atoms with Gasteiger partial charge in [0.1, 0.15) is 12.1 Å². The van der Waals surface area contributed by atoms with Crippen molar-refractivity contribution in [1.82, 2.24) is 14.9 Å². The smallest absolute Gasteiger partial charge is 0.409 e. The van der Waals surface area contributed by atoms with E-state index in [9.17, 15) is 9.18 Å². The Bertz CT molecular complexity index is 1320. The molecule has 38 heavy (non-hydrogen) atoms. The van der Waals surface area contributed by atoms with E-state index in [4.69, 9.17) is 25.8 Å². The van der Waals surface area contributed by atoms with E-state index >= 15 is 0 Å². The summed E-state index contributed by atoms with van der Waals surface area (Å²) in [4.78, 5) is 22.5. The van der Waals surface area contributed by atoms with Crippen LogP contribution < -0.4 is 14.8 Å². The molecule has 3 atom stereocenters. The summed E-state index contributed by atoms with van der Waals surface area (Å²) in [5.74, 6) is 2.31. The van der Waals surface area contributed by atoms with Gasteiger partial charge >= 0.3 is 6.09 Å². The summed E-state index contributed by atoms with van der Waals surface area (Å²) in [5.41, 5.74) is 0.825. The predicted octanol–water partition coefficient (Wildman–Crippen LogP) is 6.85. The lowest BCUT2D eigenvalue weighted by Crippen LogP contribution is -2.30. The first-order valence-corrected chi connectivity index (χ1v) is 13.3. The number of carbonyl (C=O) groups is 1. The number of nitrogens with one attached hydrogen (secondary N) is 1. The number of benzene rings is 2. The van der Waals surface area contributed by atoms with Gasteiger partial charge in [-0.05, 0) is 71.6 Å². The Morgan fingerprint density at radius 2 is 1.95 bits per heavy atom. The first kappa shape index (κ1) is 28.4. The number of anilines is 2. The number of rotatable bonds is 7. The lowest BCUT2D eigenvalue weighted by molar-refractivity contribution is 0.111. The second-order valence-electron chi connectivity index (χ2n) is 9.36. The normalized spacial score (nSPS) is 20.1. The molecule has 12 heteroatoms. The Labute approximate surface area is 239 Å². The summed E-state index contributed by atoms with van der Waals surface area (Å²) in [6.45, 7) is 4.26. The minimum atomic E-state index is -0.582. The number of fused-ring (bicyclic) bond motifs is 2. The number of hydrogen-bond donors (Lipinski definition) is 1. The molecule has 1 aliphatic carbocycles. The molecule has 0 spiro atoms. The number of aromatic nitrogens is 2. The Kier molecular flexibility index (Phi) is 9.05. The van der Waals surface area contributed by atoms with Gasteiger partial charge < -0.3 is 24.4 Å². The van der Waals surface area contributed by atoms with E-state index < -0.39 is 5.82 Å². The predicted molar refractivity (Wildman–Crippen MR) is 150 cm³/mol. The van der Waals surface area contributed by atoms with Gasteiger partial charge in [-0.2, -0.15) is 0 Å². The summed E-state index contributed by atoms with van der Waals surface area (Å²) in [6.07, 6.45) is 3.21. The number of likely N-dealkylation sites (tertiary alicyclic amines) is 1. The zero-order chi connectivity index (χ0) is 26.1. The SMILES string of the molecule is CCOC(=O)N1C[C@H]2CC(COc3cc4ncnc(Nc5ccc(Br)c(Cl)c5F)c4cc3OC)C[C@H]2C1.Cl. The van der Waals surface area contributed by atoms with E-state index in [0.717, 1.165) is 25.9 Å². The van der Waals surface area contributed by atoms with Crippen LogP contribution in [0.1, 0.15) is 19.8 Å². The molecule has 2 aliphatic rings. The quantitative estimate of drug-likeness (QED) is 0.286. The van der Waals surface area contributed by atoms with Crippen molar-refractivity contribution in [2.75, 3.05) is 38.7 Å². The van der Waals surface area contributed by atoms with Gasteiger partial charge in [0.2, 0.25) is 0 Å². The van der Waals surface area contributed by atoms with E-state index in [1.54, 1.807) is 25.3 Å². The molecule has 1 unspecified atom stereocenters. The Hall–Kier alpha value is -2.56. The number of amides is 1. The lowest BCUT2D eigenvalue weighted by Gasteiger charge is -2.19. The van der Waals surface area contributed by atoms with E-state index in [1.807, 2.05) is 17.9 Å². The number of nitrogens with zero attached hydrogens (tertiary/aromatic N) is 3. The van der Waals surface area contributed by atoms with Gasteiger partial charge in [-0.3, -0.25) is 0 Å². The molecule has 204 valence electrons. The summed E-state index contributed by atoms with van der Waals surface area (Å²) in [7, 11) is 1.57. The highest BCUT2D eigenvalue weighted by molar-refractivity contribution is 9.10. The first-order chi connectivity index (χ1) is 17.9. The summed E-state index contributed by atoms with van der Waals surface area (Å²) in [5, 5.41) is 3.65. The van der Waals surface area contributed by atoms with Crippen LogP contribution in [0, 0.1) is 23.6 Å². The van der Waals surface area contributed by atoms with E-state index in [-0.39, 0.29) is 29.2 Å². The number of carbonyl (C=O) groups excluding carboxylic acids is 1. The van der Waals surface area contributed by atoms with Crippen LogP contribution in [0.2, 0.25) is 5.02 Å². The zero-order valence-electron chi connectivity index (χ0n) is 20.9. The topological polar surface area (TPSA) is 85.8 Å². The second kappa shape index (κ2) is 12.1. The molecular formula is C26H28BrCl2FN4O4. The molecule has 1 amide bonds. The Morgan fingerprint density at radius 3 is 2.63 bits per heavy atom. The minimum absolute atomic E-state index is 0. The van der Waals surface area contributed by atoms with Crippen molar-refractivity contribution in [3.05, 3.63) is 45.9 Å². The number of methoxy groups -OCH3 is 1. The Balaban J connectivity index is 0.00000336. The summed E-state index contributed by atoms with van der Waals surface area (Å²) in [6, 6.07) is 6.84. The van der Waals surface area contributed by atoms with E-state index in [1.165, 1.54) is 6.33 Å². The molecule has 2 fully saturated rings. The maximum atomic E-state index is 14.6. The van der Waals surface area contributed by atoms with Crippen LogP contribution in [0.3, 0.4) is 0 Å². The molecule has 1 N–H and O–H groups in total. The fourth-order valence-electron chi connectivity index (χ4n) is 5.32. The van der Waals surface area contributed by atoms with Crippen LogP contribution in [0.5, 0.6) is 11.5 Å². The van der Waals surface area contributed by atoms with Gasteiger partial charge in [0.05, 0.1) is 36.6 Å². The molecular weight excluding hydrogens is 602 g/mol. The highest BCUT2D eigenvalue weighted by Gasteiger charge is 2.43. The van der Waals surface area contributed by atoms with Gasteiger partial charge in [0, 0.05) is 29.0 Å². The lowest BCUT2D eigenvalue weighted by atomic mass is 10.0. The second-order valence-corrected chi connectivity index (χ2v) is 10.6. The van der Waals surface area contributed by atoms with Crippen molar-refractivity contribution in [2.24, 2.45) is 17.8 Å². The highest BCUT2D eigenvalue weighted by Crippen LogP contribution is 2.43. The molecule has 2 aromatic carbocycles. The molecule has 0 radical (unpaired) electrons. The van der Waals surface area contributed by atoms with Crippen molar-refractivity contribution >= 4 is 68.4 Å². The van der Waals surface area contributed by atoms with E-state index in [0.29, 0.717) is 63.7 Å². The first-order valence-electron chi connectivity index (χ1n) is 12.2. The molecule has 2 heterocycles. The van der Waals surface area contributed by atoms with Crippen molar-refractivity contribution in [2.45, 2.75) is 19.8 Å². The third-order valence-electron chi connectivity index (χ3n) is 7.06. The zero-order valence-corrected chi connectivity index (χ0v) is 24.0. The molecule has 1 saturated carbocycles. The van der Waals surface area contributed by atoms with Gasteiger partial charge in [0.25, 0.3) is 0 Å². The molecule has 8 nitrogen and oxygen atoms in total. The number of hydrogen-bond acceptors (Lipinski definition) is 7. The van der Waals surface area contributed by atoms with Crippen LogP contribution in [-0.2, 0) is 4.74 Å². The largest absolute Gasteiger partial charge is 0.493 e. The van der Waals surface area contributed by atoms with Crippen LogP contribution in [-0.4, -0.2) is 54.4 Å². The van der Waals surface area contributed by atoms with E-state index in [2.05, 4.69) is 31.2 Å². The fourth-order valence-corrected chi connectivity index (χ4v) is 5.79. The van der Waals surface area contributed by atoms with Crippen LogP contribution in [0.25, 0.3) is 10.9 Å². The highest BCUT2D eigenvalue weighted by atomic mass is 79.9. The third kappa shape index (κ3) is 5.72. The molecule has 1 aromatic heterocycles. The molecule has 5 rings (SSSR count). The molecule has 0 bridgehead atoms. The Morgan fingerprint density at radius 1 is 1.21 bits per heavy atom. The standard InChI is InChI=1S/C26H27BrClFN4O4.ClH/c1-3-36-26(34)33-10-15-6-14(7-16(15)11-33)12-37-22-9-20-17(8-21(22)35-2)25(31-13-30-20)32-19-5-4-18(27)23(28)24(19)29;/h4-5,8-9,13-16H,3,6-7,10-12H2,1-2H3,(H,30,31,32);1H/t14?,15-,16+;. The van der Waals surface area contributed by atoms with Crippen molar-refractivity contribution in [3.8, 4) is 11.5 Å². The monoisotopic (exact) mass is 628 g/mol. The van der Waals surface area contributed by atoms with Crippen LogP contribution in [0.15, 0.2) is 35.1 Å². The average molecular weight is 630 g/mol. The van der Waals surface area contributed by atoms with Crippen molar-refractivity contribution < 1.29 is 23.4 Å². The number of ether oxygens (including phenoxy) is 3. The van der Waals surface area contributed by atoms with Crippen molar-refractivity contribution in [3.63, 3.8) is 0 Å². The third-order valence-corrected chi connectivity index (χ3v) is 8.32. The van der Waals surface area contributed by atoms with Crippen LogP contribution >= 0.6 is 39.9 Å². The maximum Gasteiger partial charge on any atom is 0.409 e. The van der Waals surface area contributed by atoms with Gasteiger partial charge in [-0.15, -0.1) is 12.4 Å². The molecule has 3 aromatic rings.